The number of nitrogens with two attached hydrogens (primary N) is 1. The van der Waals surface area contributed by atoms with E-state index in [9.17, 15) is 4.79 Å². The highest BCUT2D eigenvalue weighted by atomic mass is 16.2. The van der Waals surface area contributed by atoms with E-state index in [0.717, 1.165) is 43.4 Å². The summed E-state index contributed by atoms with van der Waals surface area (Å²) in [6, 6.07) is 0.222. The van der Waals surface area contributed by atoms with Crippen molar-refractivity contribution in [2.75, 3.05) is 6.54 Å². The van der Waals surface area contributed by atoms with Crippen LogP contribution in [-0.4, -0.2) is 28.7 Å². The molecule has 2 aliphatic carbocycles. The van der Waals surface area contributed by atoms with Gasteiger partial charge in [-0.25, -0.2) is 0 Å². The second-order valence-electron chi connectivity index (χ2n) is 5.74. The first-order valence-corrected chi connectivity index (χ1v) is 7.36. The summed E-state index contributed by atoms with van der Waals surface area (Å²) in [5.41, 5.74) is 8.68. The van der Waals surface area contributed by atoms with Crippen molar-refractivity contribution in [2.45, 2.75) is 51.0 Å². The van der Waals surface area contributed by atoms with Crippen LogP contribution in [0.3, 0.4) is 0 Å². The van der Waals surface area contributed by atoms with Gasteiger partial charge in [-0.1, -0.05) is 12.8 Å². The van der Waals surface area contributed by atoms with Gasteiger partial charge in [0.2, 0.25) is 0 Å². The molecule has 1 heterocycles. The minimum Gasteiger partial charge on any atom is -0.348 e. The Labute approximate surface area is 113 Å². The van der Waals surface area contributed by atoms with Gasteiger partial charge in [-0.05, 0) is 44.6 Å². The zero-order chi connectivity index (χ0) is 13.2. The molecule has 1 saturated carbocycles. The first-order chi connectivity index (χ1) is 9.29. The number of amides is 1. The summed E-state index contributed by atoms with van der Waals surface area (Å²) >= 11 is 0. The Kier molecular flexibility index (Phi) is 3.55. The maximum atomic E-state index is 12.4. The molecule has 0 spiro atoms. The number of H-pyrrole nitrogens is 1. The summed E-state index contributed by atoms with van der Waals surface area (Å²) in [5.74, 6) is 0.398. The number of rotatable bonds is 3. The standard InChI is InChI=1S/C14H22N4O/c15-8-9-4-1-2-6-11(9)16-14(19)13-10-5-3-7-12(10)17-18-13/h9,11H,1-8,15H2,(H,16,19)(H,17,18). The fraction of sp³-hybridized carbons (Fsp3) is 0.714. The van der Waals surface area contributed by atoms with Crippen molar-refractivity contribution in [3.05, 3.63) is 17.0 Å². The van der Waals surface area contributed by atoms with Crippen LogP contribution < -0.4 is 11.1 Å². The molecule has 1 amide bonds. The normalized spacial score (nSPS) is 26.2. The predicted octanol–water partition coefficient (Wildman–Crippen LogP) is 1.15. The van der Waals surface area contributed by atoms with Crippen molar-refractivity contribution in [2.24, 2.45) is 11.7 Å². The highest BCUT2D eigenvalue weighted by Crippen LogP contribution is 2.25. The highest BCUT2D eigenvalue weighted by Gasteiger charge is 2.28. The molecular formula is C14H22N4O. The van der Waals surface area contributed by atoms with Gasteiger partial charge in [-0.2, -0.15) is 5.10 Å². The summed E-state index contributed by atoms with van der Waals surface area (Å²) in [4.78, 5) is 12.4. The quantitative estimate of drug-likeness (QED) is 0.764. The SMILES string of the molecule is NCC1CCCCC1NC(=O)c1n[nH]c2c1CCC2. The fourth-order valence-corrected chi connectivity index (χ4v) is 3.42. The van der Waals surface area contributed by atoms with E-state index in [1.807, 2.05) is 0 Å². The molecule has 4 N–H and O–H groups in total. The number of nitrogens with one attached hydrogen (secondary N) is 2. The molecule has 3 rings (SSSR count). The van der Waals surface area contributed by atoms with Crippen LogP contribution in [0.4, 0.5) is 0 Å². The number of hydrogen-bond acceptors (Lipinski definition) is 3. The predicted molar refractivity (Wildman–Crippen MR) is 72.9 cm³/mol. The minimum atomic E-state index is -0.0234. The molecule has 2 aliphatic rings. The summed E-state index contributed by atoms with van der Waals surface area (Å²) in [5, 5.41) is 10.3. The number of hydrogen-bond donors (Lipinski definition) is 3. The molecule has 19 heavy (non-hydrogen) atoms. The van der Waals surface area contributed by atoms with Gasteiger partial charge in [-0.3, -0.25) is 9.89 Å². The van der Waals surface area contributed by atoms with E-state index in [2.05, 4.69) is 15.5 Å². The number of aromatic nitrogens is 2. The van der Waals surface area contributed by atoms with Crippen LogP contribution in [0.25, 0.3) is 0 Å². The summed E-state index contributed by atoms with van der Waals surface area (Å²) in [6.07, 6.45) is 7.69. The van der Waals surface area contributed by atoms with E-state index >= 15 is 0 Å². The fourth-order valence-electron chi connectivity index (χ4n) is 3.42. The Morgan fingerprint density at radius 3 is 3.00 bits per heavy atom. The number of aryl methyl sites for hydroxylation is 1. The van der Waals surface area contributed by atoms with Crippen molar-refractivity contribution in [3.8, 4) is 0 Å². The first-order valence-electron chi connectivity index (χ1n) is 7.36. The summed E-state index contributed by atoms with van der Waals surface area (Å²) < 4.78 is 0. The van der Waals surface area contributed by atoms with Crippen LogP contribution in [0.5, 0.6) is 0 Å². The van der Waals surface area contributed by atoms with E-state index in [-0.39, 0.29) is 11.9 Å². The van der Waals surface area contributed by atoms with Gasteiger partial charge in [-0.15, -0.1) is 0 Å². The average Bonchev–Trinajstić information content (AvgIpc) is 3.01. The van der Waals surface area contributed by atoms with Crippen LogP contribution in [-0.2, 0) is 12.8 Å². The lowest BCUT2D eigenvalue weighted by atomic mass is 9.84. The lowest BCUT2D eigenvalue weighted by molar-refractivity contribution is 0.0902. The Morgan fingerprint density at radius 2 is 2.16 bits per heavy atom. The lowest BCUT2D eigenvalue weighted by Crippen LogP contribution is -2.45. The van der Waals surface area contributed by atoms with Gasteiger partial charge in [0.05, 0.1) is 0 Å². The summed E-state index contributed by atoms with van der Waals surface area (Å²) in [7, 11) is 0. The average molecular weight is 262 g/mol. The molecule has 5 heteroatoms. The molecule has 1 fully saturated rings. The van der Waals surface area contributed by atoms with Gasteiger partial charge in [0, 0.05) is 17.3 Å². The van der Waals surface area contributed by atoms with Gasteiger partial charge >= 0.3 is 0 Å². The van der Waals surface area contributed by atoms with Crippen LogP contribution >= 0.6 is 0 Å². The monoisotopic (exact) mass is 262 g/mol. The third-order valence-corrected chi connectivity index (χ3v) is 4.55. The molecule has 0 bridgehead atoms. The maximum absolute atomic E-state index is 12.4. The van der Waals surface area contributed by atoms with Crippen LogP contribution in [0.15, 0.2) is 0 Å². The number of aromatic amines is 1. The summed E-state index contributed by atoms with van der Waals surface area (Å²) in [6.45, 7) is 0.656. The van der Waals surface area contributed by atoms with Gasteiger partial charge in [0.25, 0.3) is 5.91 Å². The third kappa shape index (κ3) is 2.39. The van der Waals surface area contributed by atoms with Crippen LogP contribution in [0.1, 0.15) is 53.8 Å². The van der Waals surface area contributed by atoms with Gasteiger partial charge < -0.3 is 11.1 Å². The maximum Gasteiger partial charge on any atom is 0.272 e. The Balaban J connectivity index is 1.70. The molecule has 0 aliphatic heterocycles. The molecule has 0 radical (unpaired) electrons. The number of nitrogens with zero attached hydrogens (tertiary/aromatic N) is 1. The highest BCUT2D eigenvalue weighted by molar-refractivity contribution is 5.94. The molecule has 0 aromatic carbocycles. The lowest BCUT2D eigenvalue weighted by Gasteiger charge is -2.31. The van der Waals surface area contributed by atoms with E-state index in [0.29, 0.717) is 18.2 Å². The number of fused-ring (bicyclic) bond motifs is 1. The second kappa shape index (κ2) is 5.33. The molecule has 2 unspecified atom stereocenters. The van der Waals surface area contributed by atoms with Gasteiger partial charge in [0.15, 0.2) is 5.69 Å². The molecule has 1 aromatic heterocycles. The zero-order valence-electron chi connectivity index (χ0n) is 11.2. The van der Waals surface area contributed by atoms with Crippen LogP contribution in [0.2, 0.25) is 0 Å². The second-order valence-corrected chi connectivity index (χ2v) is 5.74. The van der Waals surface area contributed by atoms with E-state index in [1.54, 1.807) is 0 Å². The number of carbonyl (C=O) groups excluding carboxylic acids is 1. The van der Waals surface area contributed by atoms with Crippen molar-refractivity contribution in [3.63, 3.8) is 0 Å². The minimum absolute atomic E-state index is 0.0234. The van der Waals surface area contributed by atoms with E-state index in [1.165, 1.54) is 12.8 Å². The topological polar surface area (TPSA) is 83.8 Å². The number of carbonyl (C=O) groups is 1. The first kappa shape index (κ1) is 12.7. The molecule has 2 atom stereocenters. The van der Waals surface area contributed by atoms with Crippen LogP contribution in [0, 0.1) is 5.92 Å². The van der Waals surface area contributed by atoms with Gasteiger partial charge in [0.1, 0.15) is 0 Å². The molecule has 1 aromatic rings. The molecular weight excluding hydrogens is 240 g/mol. The Hall–Kier alpha value is -1.36. The smallest absolute Gasteiger partial charge is 0.272 e. The zero-order valence-corrected chi connectivity index (χ0v) is 11.2. The largest absolute Gasteiger partial charge is 0.348 e. The Morgan fingerprint density at radius 1 is 1.32 bits per heavy atom. The van der Waals surface area contributed by atoms with E-state index < -0.39 is 0 Å². The Bertz CT molecular complexity index is 468. The molecule has 0 saturated heterocycles. The van der Waals surface area contributed by atoms with Crippen molar-refractivity contribution in [1.29, 1.82) is 0 Å². The van der Waals surface area contributed by atoms with Crippen molar-refractivity contribution < 1.29 is 4.79 Å². The molecule has 5 nitrogen and oxygen atoms in total. The van der Waals surface area contributed by atoms with Crippen molar-refractivity contribution >= 4 is 5.91 Å². The van der Waals surface area contributed by atoms with E-state index in [4.69, 9.17) is 5.73 Å². The third-order valence-electron chi connectivity index (χ3n) is 4.55. The molecule has 104 valence electrons. The van der Waals surface area contributed by atoms with Crippen molar-refractivity contribution in [1.82, 2.24) is 15.5 Å².